The van der Waals surface area contributed by atoms with Gasteiger partial charge in [0.25, 0.3) is 11.8 Å². The third-order valence-electron chi connectivity index (χ3n) is 5.76. The smallest absolute Gasteiger partial charge is 0.278 e. The summed E-state index contributed by atoms with van der Waals surface area (Å²) in [4.78, 5) is 27.1. The van der Waals surface area contributed by atoms with Crippen LogP contribution in [-0.4, -0.2) is 36.2 Å². The number of anilines is 1. The number of ether oxygens (including phenoxy) is 1. The molecule has 1 saturated heterocycles. The van der Waals surface area contributed by atoms with Crippen LogP contribution in [0.25, 0.3) is 11.3 Å². The molecule has 0 unspecified atom stereocenters. The Labute approximate surface area is 194 Å². The number of thiophene rings is 1. The van der Waals surface area contributed by atoms with Crippen molar-refractivity contribution in [3.05, 3.63) is 57.1 Å². The second kappa shape index (κ2) is 9.05. The van der Waals surface area contributed by atoms with Crippen molar-refractivity contribution in [3.63, 3.8) is 0 Å². The molecular formula is C23H22ClN3O4S. The molecule has 2 amide bonds. The first-order valence-corrected chi connectivity index (χ1v) is 11.9. The minimum Gasteiger partial charge on any atom is -0.376 e. The first-order chi connectivity index (χ1) is 15.6. The number of carbonyl (C=O) groups is 2. The molecule has 32 heavy (non-hydrogen) atoms. The maximum atomic E-state index is 13.0. The standard InChI is InChI=1S/C23H22ClN3O4S/c24-14-8-6-13(7-9-14)18-11-17(27-31-18)21(28)26-23-20(16-4-1-5-19(16)32-23)22(29)25-12-15-3-2-10-30-15/h6-9,11,15H,1-5,10,12H2,(H,25,29)(H,26,28)/t15-/m0/s1. The molecule has 1 aliphatic heterocycles. The Morgan fingerprint density at radius 1 is 1.16 bits per heavy atom. The van der Waals surface area contributed by atoms with E-state index in [1.165, 1.54) is 11.3 Å². The van der Waals surface area contributed by atoms with Crippen LogP contribution in [0.5, 0.6) is 0 Å². The van der Waals surface area contributed by atoms with E-state index in [2.05, 4.69) is 15.8 Å². The number of nitrogens with one attached hydrogen (secondary N) is 2. The lowest BCUT2D eigenvalue weighted by atomic mass is 10.1. The molecule has 3 aromatic rings. The summed E-state index contributed by atoms with van der Waals surface area (Å²) in [6, 6.07) is 8.66. The molecule has 1 aromatic carbocycles. The van der Waals surface area contributed by atoms with Crippen molar-refractivity contribution in [3.8, 4) is 11.3 Å². The summed E-state index contributed by atoms with van der Waals surface area (Å²) >= 11 is 7.39. The van der Waals surface area contributed by atoms with Gasteiger partial charge in [0.2, 0.25) is 0 Å². The largest absolute Gasteiger partial charge is 0.376 e. The van der Waals surface area contributed by atoms with Crippen LogP contribution in [0.2, 0.25) is 5.02 Å². The number of hydrogen-bond acceptors (Lipinski definition) is 6. The number of amides is 2. The zero-order valence-corrected chi connectivity index (χ0v) is 18.9. The Morgan fingerprint density at radius 2 is 2.00 bits per heavy atom. The van der Waals surface area contributed by atoms with Gasteiger partial charge in [-0.25, -0.2) is 0 Å². The van der Waals surface area contributed by atoms with Crippen LogP contribution in [0, 0.1) is 0 Å². The molecule has 5 rings (SSSR count). The number of benzene rings is 1. The zero-order valence-electron chi connectivity index (χ0n) is 17.3. The van der Waals surface area contributed by atoms with E-state index in [1.54, 1.807) is 30.3 Å². The van der Waals surface area contributed by atoms with E-state index in [0.717, 1.165) is 54.7 Å². The fraction of sp³-hybridized carbons (Fsp3) is 0.348. The topological polar surface area (TPSA) is 93.5 Å². The van der Waals surface area contributed by atoms with Gasteiger partial charge in [0, 0.05) is 34.7 Å². The van der Waals surface area contributed by atoms with Gasteiger partial charge < -0.3 is 19.9 Å². The van der Waals surface area contributed by atoms with Crippen LogP contribution in [0.15, 0.2) is 34.9 Å². The number of rotatable bonds is 6. The first-order valence-electron chi connectivity index (χ1n) is 10.7. The molecule has 0 bridgehead atoms. The lowest BCUT2D eigenvalue weighted by Gasteiger charge is -2.12. The number of aromatic nitrogens is 1. The van der Waals surface area contributed by atoms with Gasteiger partial charge >= 0.3 is 0 Å². The molecule has 0 radical (unpaired) electrons. The highest BCUT2D eigenvalue weighted by Crippen LogP contribution is 2.39. The Morgan fingerprint density at radius 3 is 2.78 bits per heavy atom. The fourth-order valence-corrected chi connectivity index (χ4v) is 5.54. The van der Waals surface area contributed by atoms with Crippen molar-refractivity contribution >= 4 is 39.8 Å². The Hall–Kier alpha value is -2.68. The minimum absolute atomic E-state index is 0.0603. The average Bonchev–Trinajstić information content (AvgIpc) is 3.57. The lowest BCUT2D eigenvalue weighted by Crippen LogP contribution is -2.32. The molecular weight excluding hydrogens is 450 g/mol. The van der Waals surface area contributed by atoms with E-state index in [9.17, 15) is 9.59 Å². The predicted octanol–water partition coefficient (Wildman–Crippen LogP) is 4.71. The molecule has 1 aliphatic carbocycles. The molecule has 9 heteroatoms. The van der Waals surface area contributed by atoms with Gasteiger partial charge in [-0.15, -0.1) is 11.3 Å². The SMILES string of the molecule is O=C(Nc1sc2c(c1C(=O)NC[C@@H]1CCCO1)CCC2)c1cc(-c2ccc(Cl)cc2)on1. The van der Waals surface area contributed by atoms with Gasteiger partial charge in [-0.05, 0) is 61.9 Å². The molecule has 2 aromatic heterocycles. The molecule has 2 aliphatic rings. The maximum absolute atomic E-state index is 13.0. The van der Waals surface area contributed by atoms with Gasteiger partial charge in [0.05, 0.1) is 11.7 Å². The number of nitrogens with zero attached hydrogens (tertiary/aromatic N) is 1. The maximum Gasteiger partial charge on any atom is 0.278 e. The summed E-state index contributed by atoms with van der Waals surface area (Å²) in [6.45, 7) is 1.22. The number of aryl methyl sites for hydroxylation is 1. The zero-order chi connectivity index (χ0) is 22.1. The summed E-state index contributed by atoms with van der Waals surface area (Å²) in [5.41, 5.74) is 2.52. The Kier molecular flexibility index (Phi) is 5.99. The van der Waals surface area contributed by atoms with Crippen LogP contribution >= 0.6 is 22.9 Å². The third-order valence-corrected chi connectivity index (χ3v) is 7.22. The quantitative estimate of drug-likeness (QED) is 0.543. The normalized spacial score (nSPS) is 17.3. The minimum atomic E-state index is -0.415. The molecule has 1 atom stereocenters. The number of halogens is 1. The van der Waals surface area contributed by atoms with Crippen molar-refractivity contribution in [1.82, 2.24) is 10.5 Å². The van der Waals surface area contributed by atoms with E-state index in [4.69, 9.17) is 20.9 Å². The van der Waals surface area contributed by atoms with Crippen molar-refractivity contribution in [2.45, 2.75) is 38.2 Å². The van der Waals surface area contributed by atoms with Gasteiger partial charge in [-0.3, -0.25) is 9.59 Å². The van der Waals surface area contributed by atoms with Gasteiger partial charge in [0.15, 0.2) is 11.5 Å². The monoisotopic (exact) mass is 471 g/mol. The summed E-state index contributed by atoms with van der Waals surface area (Å²) in [7, 11) is 0. The van der Waals surface area contributed by atoms with E-state index < -0.39 is 5.91 Å². The summed E-state index contributed by atoms with van der Waals surface area (Å²) in [5, 5.41) is 10.9. The van der Waals surface area contributed by atoms with Crippen molar-refractivity contribution in [2.75, 3.05) is 18.5 Å². The van der Waals surface area contributed by atoms with Crippen LogP contribution in [0.4, 0.5) is 5.00 Å². The van der Waals surface area contributed by atoms with Crippen molar-refractivity contribution in [1.29, 1.82) is 0 Å². The summed E-state index contributed by atoms with van der Waals surface area (Å²) in [6.07, 6.45) is 4.82. The first kappa shape index (κ1) is 21.2. The fourth-order valence-electron chi connectivity index (χ4n) is 4.13. The van der Waals surface area contributed by atoms with E-state index in [1.807, 2.05) is 0 Å². The summed E-state index contributed by atoms with van der Waals surface area (Å²) in [5.74, 6) is -0.116. The third kappa shape index (κ3) is 4.30. The molecule has 3 heterocycles. The van der Waals surface area contributed by atoms with E-state index in [-0.39, 0.29) is 17.7 Å². The summed E-state index contributed by atoms with van der Waals surface area (Å²) < 4.78 is 10.9. The molecule has 166 valence electrons. The average molecular weight is 472 g/mol. The predicted molar refractivity (Wildman–Crippen MR) is 123 cm³/mol. The molecule has 1 fully saturated rings. The van der Waals surface area contributed by atoms with Crippen LogP contribution < -0.4 is 10.6 Å². The van der Waals surface area contributed by atoms with Crippen molar-refractivity contribution in [2.24, 2.45) is 0 Å². The highest BCUT2D eigenvalue weighted by molar-refractivity contribution is 7.17. The second-order valence-electron chi connectivity index (χ2n) is 7.94. The van der Waals surface area contributed by atoms with E-state index in [0.29, 0.717) is 27.9 Å². The molecule has 7 nitrogen and oxygen atoms in total. The Bertz CT molecular complexity index is 1150. The molecule has 0 saturated carbocycles. The lowest BCUT2D eigenvalue weighted by molar-refractivity contribution is 0.0858. The van der Waals surface area contributed by atoms with E-state index >= 15 is 0 Å². The molecule has 0 spiro atoms. The second-order valence-corrected chi connectivity index (χ2v) is 9.49. The van der Waals surface area contributed by atoms with Gasteiger partial charge in [-0.2, -0.15) is 0 Å². The van der Waals surface area contributed by atoms with Crippen molar-refractivity contribution < 1.29 is 18.8 Å². The number of hydrogen-bond donors (Lipinski definition) is 2. The van der Waals surface area contributed by atoms with Crippen LogP contribution in [0.1, 0.15) is 50.5 Å². The molecule has 2 N–H and O–H groups in total. The van der Waals surface area contributed by atoms with Gasteiger partial charge in [0.1, 0.15) is 5.00 Å². The number of fused-ring (bicyclic) bond motifs is 1. The van der Waals surface area contributed by atoms with Gasteiger partial charge in [-0.1, -0.05) is 16.8 Å². The highest BCUT2D eigenvalue weighted by Gasteiger charge is 2.29. The highest BCUT2D eigenvalue weighted by atomic mass is 35.5. The Balaban J connectivity index is 1.33. The van der Waals surface area contributed by atoms with Crippen LogP contribution in [-0.2, 0) is 17.6 Å². The number of carbonyl (C=O) groups excluding carboxylic acids is 2. The van der Waals surface area contributed by atoms with Crippen LogP contribution in [0.3, 0.4) is 0 Å².